The molecule has 0 bridgehead atoms. The lowest BCUT2D eigenvalue weighted by Gasteiger charge is -2.27. The first-order valence-electron chi connectivity index (χ1n) is 7.43. The molecule has 1 N–H and O–H groups in total. The largest absolute Gasteiger partial charge is 0.366 e. The summed E-state index contributed by atoms with van der Waals surface area (Å²) in [6.07, 6.45) is 2.62. The molecule has 1 atom stereocenters. The lowest BCUT2D eigenvalue weighted by atomic mass is 10.1. The van der Waals surface area contributed by atoms with Gasteiger partial charge in [-0.2, -0.15) is 0 Å². The average Bonchev–Trinajstić information content (AvgIpc) is 3.15. The van der Waals surface area contributed by atoms with E-state index in [0.29, 0.717) is 6.04 Å². The van der Waals surface area contributed by atoms with Gasteiger partial charge in [0.25, 0.3) is 0 Å². The number of anilines is 1. The summed E-state index contributed by atoms with van der Waals surface area (Å²) in [5.74, 6) is 0. The highest BCUT2D eigenvalue weighted by molar-refractivity contribution is 7.10. The molecular formula is C17H21ClN2S. The maximum absolute atomic E-state index is 6.49. The standard InChI is InChI=1S/C17H21ClN2S/c1-12(17-4-3-9-21-17)20(2)16-8-5-13(10-15(16)18)11-19-14-6-7-14/h3-5,8-10,12,14,19H,6-7,11H2,1-2H3. The van der Waals surface area contributed by atoms with Gasteiger partial charge in [0.15, 0.2) is 0 Å². The Morgan fingerprint density at radius 3 is 2.81 bits per heavy atom. The van der Waals surface area contributed by atoms with E-state index >= 15 is 0 Å². The molecule has 0 saturated heterocycles. The van der Waals surface area contributed by atoms with Gasteiger partial charge in [0.1, 0.15) is 0 Å². The molecule has 1 aromatic heterocycles. The number of hydrogen-bond donors (Lipinski definition) is 1. The monoisotopic (exact) mass is 320 g/mol. The number of thiophene rings is 1. The van der Waals surface area contributed by atoms with E-state index < -0.39 is 0 Å². The summed E-state index contributed by atoms with van der Waals surface area (Å²) in [7, 11) is 2.10. The highest BCUT2D eigenvalue weighted by Crippen LogP contribution is 2.33. The van der Waals surface area contributed by atoms with E-state index in [0.717, 1.165) is 23.3 Å². The Hall–Kier alpha value is -1.03. The van der Waals surface area contributed by atoms with Crippen molar-refractivity contribution in [1.29, 1.82) is 0 Å². The van der Waals surface area contributed by atoms with E-state index in [9.17, 15) is 0 Å². The van der Waals surface area contributed by atoms with E-state index in [1.54, 1.807) is 11.3 Å². The van der Waals surface area contributed by atoms with E-state index in [2.05, 4.69) is 59.9 Å². The van der Waals surface area contributed by atoms with Crippen molar-refractivity contribution in [2.45, 2.75) is 38.4 Å². The minimum Gasteiger partial charge on any atom is -0.366 e. The summed E-state index contributed by atoms with van der Waals surface area (Å²) in [6.45, 7) is 3.12. The van der Waals surface area contributed by atoms with Gasteiger partial charge in [-0.25, -0.2) is 0 Å². The molecule has 4 heteroatoms. The van der Waals surface area contributed by atoms with Gasteiger partial charge in [0, 0.05) is 24.5 Å². The first-order valence-corrected chi connectivity index (χ1v) is 8.69. The van der Waals surface area contributed by atoms with Crippen LogP contribution in [-0.2, 0) is 6.54 Å². The van der Waals surface area contributed by atoms with Crippen LogP contribution in [0.4, 0.5) is 5.69 Å². The molecule has 2 aromatic rings. The second-order valence-corrected chi connectivity index (χ2v) is 7.13. The molecule has 1 saturated carbocycles. The van der Waals surface area contributed by atoms with Crippen LogP contribution in [0.5, 0.6) is 0 Å². The zero-order valence-electron chi connectivity index (χ0n) is 12.5. The molecule has 21 heavy (non-hydrogen) atoms. The fourth-order valence-corrected chi connectivity index (χ4v) is 3.59. The lowest BCUT2D eigenvalue weighted by Crippen LogP contribution is -2.21. The molecule has 2 nitrogen and oxygen atoms in total. The molecule has 1 aromatic carbocycles. The molecular weight excluding hydrogens is 300 g/mol. The summed E-state index contributed by atoms with van der Waals surface area (Å²) in [4.78, 5) is 3.60. The zero-order chi connectivity index (χ0) is 14.8. The molecule has 0 amide bonds. The molecule has 3 rings (SSSR count). The Kier molecular flexibility index (Phi) is 4.53. The maximum atomic E-state index is 6.49. The summed E-state index contributed by atoms with van der Waals surface area (Å²) in [5, 5.41) is 6.47. The molecule has 0 radical (unpaired) electrons. The first-order chi connectivity index (χ1) is 10.1. The van der Waals surface area contributed by atoms with Crippen molar-refractivity contribution in [3.05, 3.63) is 51.2 Å². The number of nitrogens with zero attached hydrogens (tertiary/aromatic N) is 1. The van der Waals surface area contributed by atoms with Gasteiger partial charge < -0.3 is 10.2 Å². The van der Waals surface area contributed by atoms with E-state index in [1.165, 1.54) is 23.3 Å². The van der Waals surface area contributed by atoms with Gasteiger partial charge in [0.05, 0.1) is 16.8 Å². The zero-order valence-corrected chi connectivity index (χ0v) is 14.0. The van der Waals surface area contributed by atoms with Crippen molar-refractivity contribution in [3.8, 4) is 0 Å². The number of rotatable bonds is 6. The fraction of sp³-hybridized carbons (Fsp3) is 0.412. The normalized spacial score (nSPS) is 16.0. The van der Waals surface area contributed by atoms with Crippen molar-refractivity contribution in [1.82, 2.24) is 5.32 Å². The second kappa shape index (κ2) is 6.39. The van der Waals surface area contributed by atoms with E-state index in [-0.39, 0.29) is 0 Å². The number of hydrogen-bond acceptors (Lipinski definition) is 3. The van der Waals surface area contributed by atoms with Crippen molar-refractivity contribution >= 4 is 28.6 Å². The number of halogens is 1. The third kappa shape index (κ3) is 3.60. The van der Waals surface area contributed by atoms with Crippen LogP contribution < -0.4 is 10.2 Å². The minimum atomic E-state index is 0.331. The topological polar surface area (TPSA) is 15.3 Å². The van der Waals surface area contributed by atoms with Gasteiger partial charge in [-0.15, -0.1) is 11.3 Å². The Morgan fingerprint density at radius 1 is 1.38 bits per heavy atom. The van der Waals surface area contributed by atoms with Crippen molar-refractivity contribution < 1.29 is 0 Å². The van der Waals surface area contributed by atoms with Crippen LogP contribution in [0.1, 0.15) is 36.2 Å². The molecule has 1 aliphatic rings. The minimum absolute atomic E-state index is 0.331. The van der Waals surface area contributed by atoms with Crippen LogP contribution in [0.25, 0.3) is 0 Å². The highest BCUT2D eigenvalue weighted by Gasteiger charge is 2.20. The van der Waals surface area contributed by atoms with Gasteiger partial charge in [-0.05, 0) is 48.9 Å². The fourth-order valence-electron chi connectivity index (χ4n) is 2.42. The summed E-state index contributed by atoms with van der Waals surface area (Å²) < 4.78 is 0. The Morgan fingerprint density at radius 2 is 2.19 bits per heavy atom. The smallest absolute Gasteiger partial charge is 0.0642 e. The SMILES string of the molecule is CC(c1cccs1)N(C)c1ccc(CNC2CC2)cc1Cl. The van der Waals surface area contributed by atoms with E-state index in [4.69, 9.17) is 11.6 Å². The van der Waals surface area contributed by atoms with Gasteiger partial charge >= 0.3 is 0 Å². The summed E-state index contributed by atoms with van der Waals surface area (Å²) in [5.41, 5.74) is 2.35. The maximum Gasteiger partial charge on any atom is 0.0642 e. The first kappa shape index (κ1) is 14.9. The van der Waals surface area contributed by atoms with Crippen LogP contribution in [0.2, 0.25) is 5.02 Å². The van der Waals surface area contributed by atoms with Crippen LogP contribution in [-0.4, -0.2) is 13.1 Å². The van der Waals surface area contributed by atoms with Crippen molar-refractivity contribution in [2.75, 3.05) is 11.9 Å². The quantitative estimate of drug-likeness (QED) is 0.818. The Balaban J connectivity index is 1.71. The molecule has 0 aliphatic heterocycles. The Labute approximate surface area is 135 Å². The molecule has 0 spiro atoms. The van der Waals surface area contributed by atoms with Crippen LogP contribution in [0.3, 0.4) is 0 Å². The van der Waals surface area contributed by atoms with Gasteiger partial charge in [-0.1, -0.05) is 23.7 Å². The van der Waals surface area contributed by atoms with E-state index in [1.807, 2.05) is 0 Å². The predicted molar refractivity (Wildman–Crippen MR) is 92.5 cm³/mol. The molecule has 1 heterocycles. The third-order valence-corrected chi connectivity index (χ3v) is 5.45. The van der Waals surface area contributed by atoms with Crippen LogP contribution in [0.15, 0.2) is 35.7 Å². The molecule has 1 fully saturated rings. The Bertz CT molecular complexity index is 593. The van der Waals surface area contributed by atoms with Crippen LogP contribution in [0, 0.1) is 0 Å². The van der Waals surface area contributed by atoms with Gasteiger partial charge in [0.2, 0.25) is 0 Å². The third-order valence-electron chi connectivity index (χ3n) is 4.10. The number of nitrogens with one attached hydrogen (secondary N) is 1. The molecule has 1 aliphatic carbocycles. The number of benzene rings is 1. The second-order valence-electron chi connectivity index (χ2n) is 5.74. The van der Waals surface area contributed by atoms with Crippen molar-refractivity contribution in [2.24, 2.45) is 0 Å². The van der Waals surface area contributed by atoms with Crippen LogP contribution >= 0.6 is 22.9 Å². The highest BCUT2D eigenvalue weighted by atomic mass is 35.5. The van der Waals surface area contributed by atoms with Gasteiger partial charge in [-0.3, -0.25) is 0 Å². The molecule has 112 valence electrons. The summed E-state index contributed by atoms with van der Waals surface area (Å²) >= 11 is 8.28. The lowest BCUT2D eigenvalue weighted by molar-refractivity contribution is 0.687. The summed E-state index contributed by atoms with van der Waals surface area (Å²) in [6, 6.07) is 11.7. The average molecular weight is 321 g/mol. The molecule has 1 unspecified atom stereocenters. The predicted octanol–water partition coefficient (Wildman–Crippen LogP) is 4.85. The van der Waals surface area contributed by atoms with Crippen molar-refractivity contribution in [3.63, 3.8) is 0 Å².